The number of rotatable bonds is 1. The monoisotopic (exact) mass is 265 g/mol. The Balaban J connectivity index is 1.98. The summed E-state index contributed by atoms with van der Waals surface area (Å²) in [5, 5.41) is 8.00. The first kappa shape index (κ1) is 11.6. The van der Waals surface area contributed by atoms with Gasteiger partial charge in [-0.15, -0.1) is 10.2 Å². The van der Waals surface area contributed by atoms with Crippen molar-refractivity contribution >= 4 is 22.3 Å². The Morgan fingerprint density at radius 3 is 3.28 bits per heavy atom. The van der Waals surface area contributed by atoms with Crippen molar-refractivity contribution in [1.82, 2.24) is 19.6 Å². The number of hydrogen-bond acceptors (Lipinski definition) is 5. The molecule has 18 heavy (non-hydrogen) atoms. The minimum absolute atomic E-state index is 0.401. The molecule has 0 N–H and O–H groups in total. The number of anilines is 1. The average molecular weight is 265 g/mol. The lowest BCUT2D eigenvalue weighted by Gasteiger charge is -2.23. The van der Waals surface area contributed by atoms with E-state index in [4.69, 9.17) is 0 Å². The van der Waals surface area contributed by atoms with Crippen molar-refractivity contribution in [2.24, 2.45) is 5.92 Å². The van der Waals surface area contributed by atoms with E-state index in [1.807, 2.05) is 10.6 Å². The van der Waals surface area contributed by atoms with Crippen molar-refractivity contribution in [1.29, 1.82) is 0 Å². The third-order valence-corrected chi connectivity index (χ3v) is 4.67. The van der Waals surface area contributed by atoms with Crippen LogP contribution in [-0.4, -0.2) is 48.4 Å². The van der Waals surface area contributed by atoms with E-state index in [1.54, 1.807) is 12.5 Å². The van der Waals surface area contributed by atoms with Gasteiger partial charge in [0.2, 0.25) is 5.65 Å². The molecule has 6 nitrogen and oxygen atoms in total. The number of aromatic nitrogens is 4. The SMILES string of the molecule is CC1CN(c2nccn3cnnc23)CCS(=O)C1. The van der Waals surface area contributed by atoms with E-state index in [9.17, 15) is 4.21 Å². The highest BCUT2D eigenvalue weighted by molar-refractivity contribution is 7.85. The van der Waals surface area contributed by atoms with Crippen molar-refractivity contribution in [3.8, 4) is 0 Å². The summed E-state index contributed by atoms with van der Waals surface area (Å²) in [6, 6.07) is 0. The summed E-state index contributed by atoms with van der Waals surface area (Å²) in [7, 11) is -0.719. The zero-order valence-electron chi connectivity index (χ0n) is 10.2. The van der Waals surface area contributed by atoms with Crippen LogP contribution in [0.1, 0.15) is 6.92 Å². The number of nitrogens with zero attached hydrogens (tertiary/aromatic N) is 5. The highest BCUT2D eigenvalue weighted by atomic mass is 32.2. The number of fused-ring (bicyclic) bond motifs is 1. The van der Waals surface area contributed by atoms with E-state index in [0.29, 0.717) is 11.7 Å². The summed E-state index contributed by atoms with van der Waals surface area (Å²) >= 11 is 0. The molecular weight excluding hydrogens is 250 g/mol. The molecule has 1 aliphatic rings. The van der Waals surface area contributed by atoms with Crippen molar-refractivity contribution < 1.29 is 4.21 Å². The predicted molar refractivity (Wildman–Crippen MR) is 70.0 cm³/mol. The molecule has 0 aliphatic carbocycles. The molecule has 0 spiro atoms. The van der Waals surface area contributed by atoms with E-state index in [0.717, 1.165) is 30.3 Å². The first-order valence-electron chi connectivity index (χ1n) is 5.98. The van der Waals surface area contributed by atoms with E-state index in [-0.39, 0.29) is 0 Å². The van der Waals surface area contributed by atoms with Gasteiger partial charge in [-0.05, 0) is 5.92 Å². The summed E-state index contributed by atoms with van der Waals surface area (Å²) < 4.78 is 13.6. The minimum atomic E-state index is -0.719. The second-order valence-electron chi connectivity index (χ2n) is 4.67. The molecule has 0 bridgehead atoms. The maximum absolute atomic E-state index is 11.7. The van der Waals surface area contributed by atoms with Crippen molar-refractivity contribution in [2.45, 2.75) is 6.92 Å². The lowest BCUT2D eigenvalue weighted by atomic mass is 10.2. The molecule has 2 aromatic rings. The van der Waals surface area contributed by atoms with Gasteiger partial charge in [0.25, 0.3) is 0 Å². The van der Waals surface area contributed by atoms with E-state index in [2.05, 4.69) is 27.0 Å². The predicted octanol–water partition coefficient (Wildman–Crippen LogP) is 0.329. The molecule has 2 atom stereocenters. The molecule has 0 aromatic carbocycles. The van der Waals surface area contributed by atoms with Crippen molar-refractivity contribution in [2.75, 3.05) is 29.5 Å². The third kappa shape index (κ3) is 2.10. The Morgan fingerprint density at radius 1 is 1.50 bits per heavy atom. The standard InChI is InChI=1S/C11H15N5OS/c1-9-6-15(4-5-18(17)7-9)10-11-14-13-8-16(11)3-2-12-10/h2-3,8-9H,4-7H2,1H3. The lowest BCUT2D eigenvalue weighted by molar-refractivity contribution is 0.627. The first-order chi connectivity index (χ1) is 8.74. The van der Waals surface area contributed by atoms with Gasteiger partial charge in [-0.1, -0.05) is 6.92 Å². The normalized spacial score (nSPS) is 25.3. The smallest absolute Gasteiger partial charge is 0.203 e. The zero-order chi connectivity index (χ0) is 12.5. The summed E-state index contributed by atoms with van der Waals surface area (Å²) in [6.07, 6.45) is 5.25. The third-order valence-electron chi connectivity index (χ3n) is 3.09. The quantitative estimate of drug-likeness (QED) is 0.743. The Morgan fingerprint density at radius 2 is 2.39 bits per heavy atom. The van der Waals surface area contributed by atoms with Crippen LogP contribution in [0.25, 0.3) is 5.65 Å². The van der Waals surface area contributed by atoms with Crippen LogP contribution in [0.4, 0.5) is 5.82 Å². The van der Waals surface area contributed by atoms with Crippen LogP contribution in [0, 0.1) is 5.92 Å². The van der Waals surface area contributed by atoms with Gasteiger partial charge in [0.1, 0.15) is 6.33 Å². The molecule has 3 heterocycles. The Hall–Kier alpha value is -1.50. The van der Waals surface area contributed by atoms with Crippen LogP contribution in [-0.2, 0) is 10.8 Å². The second kappa shape index (κ2) is 4.64. The maximum atomic E-state index is 11.7. The van der Waals surface area contributed by atoms with Gasteiger partial charge in [-0.3, -0.25) is 8.61 Å². The summed E-state index contributed by atoms with van der Waals surface area (Å²) in [5.41, 5.74) is 0.761. The van der Waals surface area contributed by atoms with Crippen LogP contribution in [0.2, 0.25) is 0 Å². The second-order valence-corrected chi connectivity index (χ2v) is 6.30. The zero-order valence-corrected chi connectivity index (χ0v) is 11.0. The Kier molecular flexibility index (Phi) is 2.99. The van der Waals surface area contributed by atoms with Gasteiger partial charge in [-0.25, -0.2) is 4.98 Å². The molecule has 0 amide bonds. The van der Waals surface area contributed by atoms with Gasteiger partial charge in [0.15, 0.2) is 5.82 Å². The van der Waals surface area contributed by atoms with Crippen LogP contribution in [0.15, 0.2) is 18.7 Å². The van der Waals surface area contributed by atoms with Gasteiger partial charge in [0.05, 0.1) is 0 Å². The summed E-state index contributed by atoms with van der Waals surface area (Å²) in [5.74, 6) is 2.70. The van der Waals surface area contributed by atoms with Crippen molar-refractivity contribution in [3.63, 3.8) is 0 Å². The molecule has 7 heteroatoms. The molecule has 2 aromatic heterocycles. The van der Waals surface area contributed by atoms with Gasteiger partial charge >= 0.3 is 0 Å². The largest absolute Gasteiger partial charge is 0.352 e. The lowest BCUT2D eigenvalue weighted by Crippen LogP contribution is -2.30. The van der Waals surface area contributed by atoms with Crippen LogP contribution < -0.4 is 4.90 Å². The highest BCUT2D eigenvalue weighted by Gasteiger charge is 2.22. The fraction of sp³-hybridized carbons (Fsp3) is 0.545. The molecule has 1 aliphatic heterocycles. The first-order valence-corrected chi connectivity index (χ1v) is 7.47. The molecule has 2 unspecified atom stereocenters. The van der Waals surface area contributed by atoms with E-state index in [1.165, 1.54) is 0 Å². The topological polar surface area (TPSA) is 63.4 Å². The maximum Gasteiger partial charge on any atom is 0.203 e. The molecule has 3 rings (SSSR count). The van der Waals surface area contributed by atoms with Crippen LogP contribution in [0.5, 0.6) is 0 Å². The Bertz CT molecular complexity index is 584. The van der Waals surface area contributed by atoms with Crippen molar-refractivity contribution in [3.05, 3.63) is 18.7 Å². The summed E-state index contributed by atoms with van der Waals surface area (Å²) in [4.78, 5) is 6.57. The summed E-state index contributed by atoms with van der Waals surface area (Å²) in [6.45, 7) is 3.75. The van der Waals surface area contributed by atoms with Gasteiger partial charge in [0, 0.05) is 47.8 Å². The van der Waals surface area contributed by atoms with Crippen LogP contribution >= 0.6 is 0 Å². The molecule has 0 saturated carbocycles. The molecule has 1 fully saturated rings. The Labute approximate surface area is 107 Å². The molecule has 0 radical (unpaired) electrons. The highest BCUT2D eigenvalue weighted by Crippen LogP contribution is 2.19. The fourth-order valence-corrected chi connectivity index (χ4v) is 3.62. The average Bonchev–Trinajstić information content (AvgIpc) is 2.75. The molecule has 1 saturated heterocycles. The van der Waals surface area contributed by atoms with E-state index >= 15 is 0 Å². The molecular formula is C11H15N5OS. The van der Waals surface area contributed by atoms with Gasteiger partial charge in [-0.2, -0.15) is 0 Å². The number of hydrogen-bond donors (Lipinski definition) is 0. The fourth-order valence-electron chi connectivity index (χ4n) is 2.29. The minimum Gasteiger partial charge on any atom is -0.352 e. The van der Waals surface area contributed by atoms with Crippen LogP contribution in [0.3, 0.4) is 0 Å². The van der Waals surface area contributed by atoms with Gasteiger partial charge < -0.3 is 4.90 Å². The van der Waals surface area contributed by atoms with E-state index < -0.39 is 10.8 Å². The molecule has 96 valence electrons.